The number of carbonyl (C=O) groups excluding carboxylic acids is 1. The third-order valence-corrected chi connectivity index (χ3v) is 2.79. The van der Waals surface area contributed by atoms with Crippen LogP contribution in [0.1, 0.15) is 6.42 Å². The van der Waals surface area contributed by atoms with Gasteiger partial charge in [0.15, 0.2) is 0 Å². The first-order valence-corrected chi connectivity index (χ1v) is 5.23. The van der Waals surface area contributed by atoms with Crippen molar-refractivity contribution in [2.75, 3.05) is 11.4 Å². The van der Waals surface area contributed by atoms with Crippen molar-refractivity contribution < 1.29 is 9.90 Å². The van der Waals surface area contributed by atoms with E-state index in [-0.39, 0.29) is 5.91 Å². The molecule has 14 heavy (non-hydrogen) atoms. The van der Waals surface area contributed by atoms with E-state index in [0.717, 1.165) is 10.2 Å². The van der Waals surface area contributed by atoms with Crippen LogP contribution in [0.3, 0.4) is 0 Å². The lowest BCUT2D eigenvalue weighted by Gasteiger charge is -2.15. The van der Waals surface area contributed by atoms with E-state index in [2.05, 4.69) is 15.9 Å². The number of nitrogens with zero attached hydrogens (tertiary/aromatic N) is 1. The maximum atomic E-state index is 11.5. The molecule has 0 saturated carbocycles. The summed E-state index contributed by atoms with van der Waals surface area (Å²) < 4.78 is 0.934. The van der Waals surface area contributed by atoms with E-state index in [0.29, 0.717) is 13.0 Å². The highest BCUT2D eigenvalue weighted by molar-refractivity contribution is 9.10. The van der Waals surface area contributed by atoms with Gasteiger partial charge in [-0.25, -0.2) is 0 Å². The fraction of sp³-hybridized carbons (Fsp3) is 0.300. The summed E-state index contributed by atoms with van der Waals surface area (Å²) in [5, 5.41) is 9.30. The van der Waals surface area contributed by atoms with E-state index >= 15 is 0 Å². The predicted molar refractivity (Wildman–Crippen MR) is 57.1 cm³/mol. The van der Waals surface area contributed by atoms with E-state index in [9.17, 15) is 9.90 Å². The molecular formula is C10H10BrNO2. The van der Waals surface area contributed by atoms with Crippen LogP contribution in [0.15, 0.2) is 28.7 Å². The second kappa shape index (κ2) is 3.71. The zero-order valence-corrected chi connectivity index (χ0v) is 9.07. The van der Waals surface area contributed by atoms with Gasteiger partial charge < -0.3 is 10.0 Å². The van der Waals surface area contributed by atoms with Crippen LogP contribution >= 0.6 is 15.9 Å². The van der Waals surface area contributed by atoms with Crippen LogP contribution < -0.4 is 4.90 Å². The number of hydrogen-bond acceptors (Lipinski definition) is 2. The minimum absolute atomic E-state index is 0.205. The largest absolute Gasteiger partial charge is 0.383 e. The molecule has 2 rings (SSSR count). The van der Waals surface area contributed by atoms with Gasteiger partial charge in [-0.05, 0) is 18.2 Å². The van der Waals surface area contributed by atoms with E-state index in [1.807, 2.05) is 24.3 Å². The Labute approximate surface area is 90.5 Å². The van der Waals surface area contributed by atoms with Crippen molar-refractivity contribution in [3.8, 4) is 0 Å². The molecule has 1 aromatic carbocycles. The number of carbonyl (C=O) groups is 1. The minimum atomic E-state index is -0.825. The SMILES string of the molecule is O=C1[C@H](O)CCN1c1cccc(Br)c1. The quantitative estimate of drug-likeness (QED) is 0.828. The van der Waals surface area contributed by atoms with Crippen molar-refractivity contribution in [3.05, 3.63) is 28.7 Å². The Morgan fingerprint density at radius 2 is 2.29 bits per heavy atom. The molecule has 1 aromatic rings. The molecule has 1 aliphatic rings. The van der Waals surface area contributed by atoms with Gasteiger partial charge in [0.1, 0.15) is 6.10 Å². The first-order chi connectivity index (χ1) is 6.68. The summed E-state index contributed by atoms with van der Waals surface area (Å²) in [5.74, 6) is -0.205. The highest BCUT2D eigenvalue weighted by Gasteiger charge is 2.30. The van der Waals surface area contributed by atoms with Gasteiger partial charge in [0.05, 0.1) is 0 Å². The van der Waals surface area contributed by atoms with Gasteiger partial charge in [0.25, 0.3) is 5.91 Å². The predicted octanol–water partition coefficient (Wildman–Crippen LogP) is 1.55. The number of benzene rings is 1. The van der Waals surface area contributed by atoms with Crippen LogP contribution in [0.4, 0.5) is 5.69 Å². The van der Waals surface area contributed by atoms with Gasteiger partial charge >= 0.3 is 0 Å². The molecule has 1 heterocycles. The molecule has 0 radical (unpaired) electrons. The number of aliphatic hydroxyl groups excluding tert-OH is 1. The van der Waals surface area contributed by atoms with Gasteiger partial charge in [-0.1, -0.05) is 22.0 Å². The van der Waals surface area contributed by atoms with Crippen molar-refractivity contribution in [2.24, 2.45) is 0 Å². The van der Waals surface area contributed by atoms with E-state index in [1.54, 1.807) is 4.90 Å². The van der Waals surface area contributed by atoms with Gasteiger partial charge in [-0.3, -0.25) is 4.79 Å². The summed E-state index contributed by atoms with van der Waals surface area (Å²) in [6.07, 6.45) is -0.306. The molecule has 0 bridgehead atoms. The molecule has 1 atom stereocenters. The maximum absolute atomic E-state index is 11.5. The lowest BCUT2D eigenvalue weighted by atomic mass is 10.3. The Bertz CT molecular complexity index is 367. The summed E-state index contributed by atoms with van der Waals surface area (Å²) in [5.41, 5.74) is 0.834. The molecule has 74 valence electrons. The number of anilines is 1. The molecule has 0 aromatic heterocycles. The van der Waals surface area contributed by atoms with Crippen LogP contribution in [0.2, 0.25) is 0 Å². The van der Waals surface area contributed by atoms with Crippen molar-refractivity contribution in [2.45, 2.75) is 12.5 Å². The van der Waals surface area contributed by atoms with Crippen molar-refractivity contribution in [1.82, 2.24) is 0 Å². The molecule has 1 saturated heterocycles. The van der Waals surface area contributed by atoms with Crippen LogP contribution in [0, 0.1) is 0 Å². The fourth-order valence-electron chi connectivity index (χ4n) is 1.57. The fourth-order valence-corrected chi connectivity index (χ4v) is 1.95. The zero-order chi connectivity index (χ0) is 10.1. The number of hydrogen-bond donors (Lipinski definition) is 1. The van der Waals surface area contributed by atoms with Crippen LogP contribution in [0.25, 0.3) is 0 Å². The van der Waals surface area contributed by atoms with Crippen molar-refractivity contribution in [3.63, 3.8) is 0 Å². The highest BCUT2D eigenvalue weighted by atomic mass is 79.9. The highest BCUT2D eigenvalue weighted by Crippen LogP contribution is 2.24. The summed E-state index contributed by atoms with van der Waals surface area (Å²) in [6, 6.07) is 7.51. The zero-order valence-electron chi connectivity index (χ0n) is 7.48. The molecule has 1 amide bonds. The molecule has 4 heteroatoms. The number of amides is 1. The second-order valence-corrected chi connectivity index (χ2v) is 4.19. The Kier molecular flexibility index (Phi) is 2.56. The molecular weight excluding hydrogens is 246 g/mol. The third-order valence-electron chi connectivity index (χ3n) is 2.30. The topological polar surface area (TPSA) is 40.5 Å². The lowest BCUT2D eigenvalue weighted by molar-refractivity contribution is -0.123. The van der Waals surface area contributed by atoms with E-state index < -0.39 is 6.10 Å². The van der Waals surface area contributed by atoms with E-state index in [4.69, 9.17) is 0 Å². The smallest absolute Gasteiger partial charge is 0.255 e. The first-order valence-electron chi connectivity index (χ1n) is 4.43. The third kappa shape index (κ3) is 1.67. The van der Waals surface area contributed by atoms with Crippen molar-refractivity contribution >= 4 is 27.5 Å². The van der Waals surface area contributed by atoms with Gasteiger partial charge in [-0.2, -0.15) is 0 Å². The van der Waals surface area contributed by atoms with Crippen LogP contribution in [0.5, 0.6) is 0 Å². The molecule has 0 unspecified atom stereocenters. The maximum Gasteiger partial charge on any atom is 0.255 e. The Morgan fingerprint density at radius 3 is 2.86 bits per heavy atom. The molecule has 1 N–H and O–H groups in total. The second-order valence-electron chi connectivity index (χ2n) is 3.27. The van der Waals surface area contributed by atoms with Gasteiger partial charge in [0.2, 0.25) is 0 Å². The normalized spacial score (nSPS) is 21.7. The van der Waals surface area contributed by atoms with Gasteiger partial charge in [-0.15, -0.1) is 0 Å². The average Bonchev–Trinajstić information content (AvgIpc) is 2.48. The molecule has 3 nitrogen and oxygen atoms in total. The van der Waals surface area contributed by atoms with Crippen LogP contribution in [-0.4, -0.2) is 23.7 Å². The van der Waals surface area contributed by atoms with Gasteiger partial charge in [0, 0.05) is 23.1 Å². The Balaban J connectivity index is 2.28. The average molecular weight is 256 g/mol. The molecule has 0 spiro atoms. The summed E-state index contributed by atoms with van der Waals surface area (Å²) in [4.78, 5) is 13.1. The number of rotatable bonds is 1. The molecule has 1 aliphatic heterocycles. The Hall–Kier alpha value is -0.870. The first kappa shape index (κ1) is 9.68. The summed E-state index contributed by atoms with van der Waals surface area (Å²) >= 11 is 3.34. The standard InChI is InChI=1S/C10H10BrNO2/c11-7-2-1-3-8(6-7)12-5-4-9(13)10(12)14/h1-3,6,9,13H,4-5H2/t9-/m1/s1. The monoisotopic (exact) mass is 255 g/mol. The van der Waals surface area contributed by atoms with Crippen LogP contribution in [-0.2, 0) is 4.79 Å². The summed E-state index contributed by atoms with van der Waals surface area (Å²) in [6.45, 7) is 0.594. The Morgan fingerprint density at radius 1 is 1.50 bits per heavy atom. The number of halogens is 1. The molecule has 1 fully saturated rings. The number of aliphatic hydroxyl groups is 1. The minimum Gasteiger partial charge on any atom is -0.383 e. The molecule has 0 aliphatic carbocycles. The van der Waals surface area contributed by atoms with Crippen molar-refractivity contribution in [1.29, 1.82) is 0 Å². The summed E-state index contributed by atoms with van der Waals surface area (Å²) in [7, 11) is 0. The lowest BCUT2D eigenvalue weighted by Crippen LogP contribution is -2.28. The van der Waals surface area contributed by atoms with E-state index in [1.165, 1.54) is 0 Å².